The molecule has 2 N–H and O–H groups in total. The van der Waals surface area contributed by atoms with E-state index in [4.69, 9.17) is 10.5 Å². The van der Waals surface area contributed by atoms with Crippen LogP contribution in [0.3, 0.4) is 0 Å². The van der Waals surface area contributed by atoms with Crippen LogP contribution in [0.25, 0.3) is 10.9 Å². The maximum atomic E-state index is 11.5. The molecule has 1 aromatic carbocycles. The molecule has 17 heavy (non-hydrogen) atoms. The zero-order valence-electron chi connectivity index (χ0n) is 9.34. The van der Waals surface area contributed by atoms with Crippen molar-refractivity contribution in [1.29, 1.82) is 0 Å². The van der Waals surface area contributed by atoms with Gasteiger partial charge in [0.05, 0.1) is 17.7 Å². The summed E-state index contributed by atoms with van der Waals surface area (Å²) < 4.78 is 6.18. The van der Waals surface area contributed by atoms with Crippen molar-refractivity contribution in [2.45, 2.75) is 6.92 Å². The van der Waals surface area contributed by atoms with E-state index in [-0.39, 0.29) is 0 Å². The third kappa shape index (κ3) is 1.99. The SMILES string of the molecule is CCOC(=O)c1ccc2ccn(C(N)=O)c2c1. The molecule has 5 nitrogen and oxygen atoms in total. The highest BCUT2D eigenvalue weighted by atomic mass is 16.5. The van der Waals surface area contributed by atoms with Crippen LogP contribution in [0, 0.1) is 0 Å². The van der Waals surface area contributed by atoms with Crippen LogP contribution in [0.4, 0.5) is 4.79 Å². The maximum absolute atomic E-state index is 11.5. The Morgan fingerprint density at radius 3 is 2.76 bits per heavy atom. The standard InChI is InChI=1S/C12H12N2O3/c1-2-17-11(15)9-4-3-8-5-6-14(12(13)16)10(8)7-9/h3-7H,2H2,1H3,(H2,13,16). The van der Waals surface area contributed by atoms with E-state index in [9.17, 15) is 9.59 Å². The van der Waals surface area contributed by atoms with Crippen LogP contribution < -0.4 is 5.73 Å². The first-order valence-electron chi connectivity index (χ1n) is 5.21. The number of amides is 1. The summed E-state index contributed by atoms with van der Waals surface area (Å²) in [6, 6.07) is 6.18. The predicted molar refractivity (Wildman–Crippen MR) is 62.9 cm³/mol. The minimum absolute atomic E-state index is 0.313. The monoisotopic (exact) mass is 232 g/mol. The number of benzene rings is 1. The molecule has 0 spiro atoms. The average molecular weight is 232 g/mol. The topological polar surface area (TPSA) is 74.3 Å². The lowest BCUT2D eigenvalue weighted by Crippen LogP contribution is -2.18. The number of rotatable bonds is 2. The molecule has 0 saturated heterocycles. The summed E-state index contributed by atoms with van der Waals surface area (Å²) in [6.07, 6.45) is 1.57. The number of carbonyl (C=O) groups excluding carboxylic acids is 2. The van der Waals surface area contributed by atoms with Crippen molar-refractivity contribution in [2.24, 2.45) is 5.73 Å². The van der Waals surface area contributed by atoms with E-state index in [1.807, 2.05) is 0 Å². The summed E-state index contributed by atoms with van der Waals surface area (Å²) in [5.41, 5.74) is 6.22. The van der Waals surface area contributed by atoms with Gasteiger partial charge in [0, 0.05) is 11.6 Å². The molecule has 88 valence electrons. The molecular formula is C12H12N2O3. The Kier molecular flexibility index (Phi) is 2.82. The number of carbonyl (C=O) groups is 2. The molecule has 0 bridgehead atoms. The molecule has 0 aliphatic carbocycles. The van der Waals surface area contributed by atoms with Gasteiger partial charge in [-0.15, -0.1) is 0 Å². The van der Waals surface area contributed by atoms with Crippen LogP contribution in [0.1, 0.15) is 17.3 Å². The lowest BCUT2D eigenvalue weighted by Gasteiger charge is -2.03. The van der Waals surface area contributed by atoms with Crippen molar-refractivity contribution < 1.29 is 14.3 Å². The molecule has 2 rings (SSSR count). The Hall–Kier alpha value is -2.30. The Labute approximate surface area is 97.8 Å². The predicted octanol–water partition coefficient (Wildman–Crippen LogP) is 1.74. The molecule has 1 amide bonds. The van der Waals surface area contributed by atoms with E-state index in [1.165, 1.54) is 4.57 Å². The van der Waals surface area contributed by atoms with Crippen LogP contribution in [0.5, 0.6) is 0 Å². The lowest BCUT2D eigenvalue weighted by molar-refractivity contribution is 0.0526. The third-order valence-electron chi connectivity index (χ3n) is 2.44. The van der Waals surface area contributed by atoms with Crippen LogP contribution in [-0.2, 0) is 4.74 Å². The second kappa shape index (κ2) is 4.29. The molecule has 5 heteroatoms. The van der Waals surface area contributed by atoms with Crippen molar-refractivity contribution in [1.82, 2.24) is 4.57 Å². The van der Waals surface area contributed by atoms with Crippen LogP contribution in [-0.4, -0.2) is 23.2 Å². The van der Waals surface area contributed by atoms with Crippen LogP contribution in [0.2, 0.25) is 0 Å². The van der Waals surface area contributed by atoms with Crippen molar-refractivity contribution in [3.63, 3.8) is 0 Å². The fraction of sp³-hybridized carbons (Fsp3) is 0.167. The molecular weight excluding hydrogens is 220 g/mol. The Bertz CT molecular complexity index is 586. The van der Waals surface area contributed by atoms with Crippen LogP contribution in [0.15, 0.2) is 30.5 Å². The number of fused-ring (bicyclic) bond motifs is 1. The van der Waals surface area contributed by atoms with Gasteiger partial charge in [-0.05, 0) is 25.1 Å². The van der Waals surface area contributed by atoms with E-state index in [0.29, 0.717) is 17.7 Å². The highest BCUT2D eigenvalue weighted by Crippen LogP contribution is 2.17. The molecule has 1 aromatic heterocycles. The number of ether oxygens (including phenoxy) is 1. The highest BCUT2D eigenvalue weighted by Gasteiger charge is 2.10. The number of hydrogen-bond donors (Lipinski definition) is 1. The fourth-order valence-corrected chi connectivity index (χ4v) is 1.66. The zero-order chi connectivity index (χ0) is 12.4. The first kappa shape index (κ1) is 11.2. The summed E-state index contributed by atoms with van der Waals surface area (Å²) in [6.45, 7) is 2.05. The van der Waals surface area contributed by atoms with Gasteiger partial charge in [0.15, 0.2) is 0 Å². The van der Waals surface area contributed by atoms with Gasteiger partial charge in [-0.25, -0.2) is 9.59 Å². The highest BCUT2D eigenvalue weighted by molar-refractivity contribution is 5.97. The van der Waals surface area contributed by atoms with Gasteiger partial charge in [0.2, 0.25) is 0 Å². The summed E-state index contributed by atoms with van der Waals surface area (Å²) >= 11 is 0. The Morgan fingerprint density at radius 1 is 1.35 bits per heavy atom. The fourth-order valence-electron chi connectivity index (χ4n) is 1.66. The van der Waals surface area contributed by atoms with E-state index < -0.39 is 12.0 Å². The van der Waals surface area contributed by atoms with Crippen molar-refractivity contribution in [3.8, 4) is 0 Å². The minimum Gasteiger partial charge on any atom is -0.462 e. The smallest absolute Gasteiger partial charge is 0.338 e. The zero-order valence-corrected chi connectivity index (χ0v) is 9.34. The summed E-state index contributed by atoms with van der Waals surface area (Å²) in [5.74, 6) is -0.411. The largest absolute Gasteiger partial charge is 0.462 e. The van der Waals surface area contributed by atoms with Gasteiger partial charge in [0.25, 0.3) is 0 Å². The minimum atomic E-state index is -0.582. The number of aromatic nitrogens is 1. The van der Waals surface area contributed by atoms with E-state index in [2.05, 4.69) is 0 Å². The molecule has 0 radical (unpaired) electrons. The van der Waals surface area contributed by atoms with E-state index >= 15 is 0 Å². The second-order valence-corrected chi connectivity index (χ2v) is 3.52. The summed E-state index contributed by atoms with van der Waals surface area (Å²) in [5, 5.41) is 0.844. The van der Waals surface area contributed by atoms with Gasteiger partial charge in [-0.1, -0.05) is 6.07 Å². The number of esters is 1. The molecule has 1 heterocycles. The van der Waals surface area contributed by atoms with Gasteiger partial charge >= 0.3 is 12.0 Å². The number of nitrogens with zero attached hydrogens (tertiary/aromatic N) is 1. The van der Waals surface area contributed by atoms with Crippen molar-refractivity contribution in [2.75, 3.05) is 6.61 Å². The Morgan fingerprint density at radius 2 is 2.12 bits per heavy atom. The van der Waals surface area contributed by atoms with Gasteiger partial charge in [0.1, 0.15) is 0 Å². The number of hydrogen-bond acceptors (Lipinski definition) is 3. The molecule has 0 aliphatic rings. The van der Waals surface area contributed by atoms with Crippen molar-refractivity contribution >= 4 is 22.9 Å². The summed E-state index contributed by atoms with van der Waals surface area (Å²) in [7, 11) is 0. The van der Waals surface area contributed by atoms with Gasteiger partial charge in [-0.2, -0.15) is 0 Å². The Balaban J connectivity index is 2.51. The molecule has 0 unspecified atom stereocenters. The quantitative estimate of drug-likeness (QED) is 0.801. The molecule has 0 aliphatic heterocycles. The molecule has 2 aromatic rings. The molecule has 0 fully saturated rings. The normalized spacial score (nSPS) is 10.4. The number of primary amides is 1. The van der Waals surface area contributed by atoms with Crippen molar-refractivity contribution in [3.05, 3.63) is 36.0 Å². The van der Waals surface area contributed by atoms with E-state index in [0.717, 1.165) is 5.39 Å². The lowest BCUT2D eigenvalue weighted by atomic mass is 10.1. The third-order valence-corrected chi connectivity index (χ3v) is 2.44. The first-order valence-corrected chi connectivity index (χ1v) is 5.21. The molecule has 0 atom stereocenters. The first-order chi connectivity index (χ1) is 8.13. The van der Waals surface area contributed by atoms with E-state index in [1.54, 1.807) is 37.4 Å². The summed E-state index contributed by atoms with van der Waals surface area (Å²) in [4.78, 5) is 22.7. The maximum Gasteiger partial charge on any atom is 0.338 e. The molecule has 0 saturated carbocycles. The van der Waals surface area contributed by atoms with Crippen LogP contribution >= 0.6 is 0 Å². The average Bonchev–Trinajstić information content (AvgIpc) is 2.71. The second-order valence-electron chi connectivity index (χ2n) is 3.52. The number of nitrogens with two attached hydrogens (primary N) is 1. The van der Waals surface area contributed by atoms with Gasteiger partial charge < -0.3 is 10.5 Å². The van der Waals surface area contributed by atoms with Gasteiger partial charge in [-0.3, -0.25) is 4.57 Å².